The van der Waals surface area contributed by atoms with E-state index >= 15 is 0 Å². The van der Waals surface area contributed by atoms with Crippen LogP contribution in [0.4, 0.5) is 0 Å². The van der Waals surface area contributed by atoms with Crippen LogP contribution >= 0.6 is 0 Å². The first kappa shape index (κ1) is 19.5. The van der Waals surface area contributed by atoms with E-state index in [2.05, 4.69) is 34.3 Å². The van der Waals surface area contributed by atoms with Crippen LogP contribution in [0.5, 0.6) is 17.2 Å². The Bertz CT molecular complexity index is 860. The van der Waals surface area contributed by atoms with E-state index in [4.69, 9.17) is 18.9 Å². The van der Waals surface area contributed by atoms with Gasteiger partial charge in [-0.1, -0.05) is 0 Å². The first-order valence-corrected chi connectivity index (χ1v) is 9.69. The van der Waals surface area contributed by atoms with E-state index in [1.54, 1.807) is 18.2 Å². The van der Waals surface area contributed by atoms with Crippen molar-refractivity contribution in [2.45, 2.75) is 26.0 Å². The number of morpholine rings is 1. The minimum atomic E-state index is -0.211. The fraction of sp³-hybridized carbons (Fsp3) is 0.500. The van der Waals surface area contributed by atoms with Gasteiger partial charge in [-0.2, -0.15) is 5.10 Å². The van der Waals surface area contributed by atoms with Crippen LogP contribution in [-0.2, 0) is 11.3 Å². The zero-order valence-corrected chi connectivity index (χ0v) is 16.7. The second-order valence-electron chi connectivity index (χ2n) is 7.68. The van der Waals surface area contributed by atoms with Gasteiger partial charge in [0.1, 0.15) is 18.1 Å². The molecule has 1 aromatic heterocycles. The van der Waals surface area contributed by atoms with Crippen LogP contribution < -0.4 is 19.5 Å². The van der Waals surface area contributed by atoms with Gasteiger partial charge in [0.05, 0.1) is 18.9 Å². The van der Waals surface area contributed by atoms with Gasteiger partial charge in [0.25, 0.3) is 5.91 Å². The molecule has 0 unspecified atom stereocenters. The van der Waals surface area contributed by atoms with Gasteiger partial charge < -0.3 is 24.3 Å². The van der Waals surface area contributed by atoms with Crippen LogP contribution in [0.15, 0.2) is 24.3 Å². The maximum Gasteiger partial charge on any atom is 0.271 e. The van der Waals surface area contributed by atoms with Crippen molar-refractivity contribution in [1.82, 2.24) is 20.4 Å². The summed E-state index contributed by atoms with van der Waals surface area (Å²) >= 11 is 0. The van der Waals surface area contributed by atoms with E-state index in [1.807, 2.05) is 6.07 Å². The van der Waals surface area contributed by atoms with Crippen LogP contribution in [0.3, 0.4) is 0 Å². The molecule has 29 heavy (non-hydrogen) atoms. The molecule has 1 saturated heterocycles. The number of hydrogen-bond donors (Lipinski definition) is 2. The highest BCUT2D eigenvalue weighted by atomic mass is 16.7. The number of rotatable bonds is 7. The van der Waals surface area contributed by atoms with Gasteiger partial charge >= 0.3 is 0 Å². The Labute approximate surface area is 169 Å². The second kappa shape index (κ2) is 8.30. The van der Waals surface area contributed by atoms with Crippen molar-refractivity contribution in [3.8, 4) is 17.2 Å². The Kier molecular flexibility index (Phi) is 5.59. The van der Waals surface area contributed by atoms with E-state index in [1.165, 1.54) is 0 Å². The smallest absolute Gasteiger partial charge is 0.271 e. The van der Waals surface area contributed by atoms with Crippen molar-refractivity contribution in [2.75, 3.05) is 39.6 Å². The van der Waals surface area contributed by atoms with Gasteiger partial charge in [0.2, 0.25) is 6.79 Å². The number of H-pyrrole nitrogens is 1. The molecule has 0 saturated carbocycles. The molecule has 0 radical (unpaired) electrons. The van der Waals surface area contributed by atoms with E-state index in [9.17, 15) is 4.79 Å². The molecular formula is C20H26N4O5. The molecular weight excluding hydrogens is 376 g/mol. The molecule has 0 aliphatic carbocycles. The fourth-order valence-electron chi connectivity index (χ4n) is 3.35. The molecule has 1 fully saturated rings. The van der Waals surface area contributed by atoms with Crippen molar-refractivity contribution < 1.29 is 23.7 Å². The Morgan fingerprint density at radius 3 is 2.86 bits per heavy atom. The Balaban J connectivity index is 1.28. The molecule has 156 valence electrons. The van der Waals surface area contributed by atoms with Crippen molar-refractivity contribution >= 4 is 5.91 Å². The molecule has 2 aromatic rings. The van der Waals surface area contributed by atoms with Crippen molar-refractivity contribution in [3.63, 3.8) is 0 Å². The minimum Gasteiger partial charge on any atom is -0.487 e. The topological polar surface area (TPSA) is 97.9 Å². The predicted molar refractivity (Wildman–Crippen MR) is 104 cm³/mol. The molecule has 1 aromatic carbocycles. The maximum atomic E-state index is 12.5. The maximum absolute atomic E-state index is 12.5. The number of ether oxygens (including phenoxy) is 4. The summed E-state index contributed by atoms with van der Waals surface area (Å²) in [4.78, 5) is 14.8. The Morgan fingerprint density at radius 2 is 2.03 bits per heavy atom. The Hall–Kier alpha value is -2.78. The van der Waals surface area contributed by atoms with Crippen LogP contribution in [0.25, 0.3) is 0 Å². The van der Waals surface area contributed by atoms with E-state index in [0.29, 0.717) is 35.2 Å². The monoisotopic (exact) mass is 402 g/mol. The van der Waals surface area contributed by atoms with Crippen molar-refractivity contribution in [3.05, 3.63) is 35.7 Å². The van der Waals surface area contributed by atoms with Gasteiger partial charge in [-0.3, -0.25) is 14.8 Å². The average molecular weight is 402 g/mol. The number of benzene rings is 1. The van der Waals surface area contributed by atoms with Gasteiger partial charge in [0.15, 0.2) is 11.5 Å². The first-order valence-electron chi connectivity index (χ1n) is 9.69. The first-order chi connectivity index (χ1) is 14.0. The number of aromatic amines is 1. The van der Waals surface area contributed by atoms with Gasteiger partial charge in [-0.05, 0) is 32.0 Å². The zero-order chi connectivity index (χ0) is 20.3. The summed E-state index contributed by atoms with van der Waals surface area (Å²) in [5.74, 6) is 1.81. The second-order valence-corrected chi connectivity index (χ2v) is 7.68. The highest BCUT2D eigenvalue weighted by Crippen LogP contribution is 2.35. The van der Waals surface area contributed by atoms with Crippen LogP contribution in [0.2, 0.25) is 0 Å². The number of hydrogen-bond acceptors (Lipinski definition) is 7. The van der Waals surface area contributed by atoms with Crippen LogP contribution in [-0.4, -0.2) is 66.2 Å². The number of aromatic nitrogens is 2. The molecule has 9 nitrogen and oxygen atoms in total. The average Bonchev–Trinajstić information content (AvgIpc) is 3.40. The SMILES string of the molecule is CC(C)(CNC(=O)c1cc(COc2ccc3c(c2)OCO3)[nH]n1)N1CCOCC1. The number of nitrogens with one attached hydrogen (secondary N) is 2. The van der Waals surface area contributed by atoms with Crippen molar-refractivity contribution in [1.29, 1.82) is 0 Å². The lowest BCUT2D eigenvalue weighted by molar-refractivity contribution is -0.00924. The van der Waals surface area contributed by atoms with Gasteiger partial charge in [0, 0.05) is 31.2 Å². The van der Waals surface area contributed by atoms with Crippen molar-refractivity contribution in [2.24, 2.45) is 0 Å². The molecule has 2 aliphatic rings. The molecule has 0 bridgehead atoms. The molecule has 0 spiro atoms. The number of carbonyl (C=O) groups excluding carboxylic acids is 1. The highest BCUT2D eigenvalue weighted by Gasteiger charge is 2.29. The third-order valence-electron chi connectivity index (χ3n) is 5.15. The molecule has 2 aliphatic heterocycles. The van der Waals surface area contributed by atoms with E-state index in [0.717, 1.165) is 26.3 Å². The zero-order valence-electron chi connectivity index (χ0n) is 16.7. The summed E-state index contributed by atoms with van der Waals surface area (Å²) in [7, 11) is 0. The van der Waals surface area contributed by atoms with Crippen LogP contribution in [0, 0.1) is 0 Å². The minimum absolute atomic E-state index is 0.152. The summed E-state index contributed by atoms with van der Waals surface area (Å²) in [5, 5.41) is 9.93. The molecule has 1 amide bonds. The number of amides is 1. The van der Waals surface area contributed by atoms with E-state index in [-0.39, 0.29) is 24.8 Å². The summed E-state index contributed by atoms with van der Waals surface area (Å²) in [6.45, 7) is 8.44. The molecule has 4 rings (SSSR count). The quantitative estimate of drug-likeness (QED) is 0.725. The predicted octanol–water partition coefficient (Wildman–Crippen LogP) is 1.56. The normalized spacial score (nSPS) is 16.6. The molecule has 2 N–H and O–H groups in total. The number of fused-ring (bicyclic) bond motifs is 1. The summed E-state index contributed by atoms with van der Waals surface area (Å²) in [6, 6.07) is 7.09. The lowest BCUT2D eigenvalue weighted by Gasteiger charge is -2.40. The fourth-order valence-corrected chi connectivity index (χ4v) is 3.35. The Morgan fingerprint density at radius 1 is 1.24 bits per heavy atom. The summed E-state index contributed by atoms with van der Waals surface area (Å²) in [6.07, 6.45) is 0. The molecule has 9 heteroatoms. The third-order valence-corrected chi connectivity index (χ3v) is 5.15. The largest absolute Gasteiger partial charge is 0.487 e. The lowest BCUT2D eigenvalue weighted by atomic mass is 10.0. The van der Waals surface area contributed by atoms with E-state index < -0.39 is 0 Å². The molecule has 3 heterocycles. The summed E-state index contributed by atoms with van der Waals surface area (Å²) < 4.78 is 21.8. The molecule has 0 atom stereocenters. The lowest BCUT2D eigenvalue weighted by Crippen LogP contribution is -2.55. The van der Waals surface area contributed by atoms with Crippen LogP contribution in [0.1, 0.15) is 30.0 Å². The standard InChI is InChI=1S/C20H26N4O5/c1-20(2,24-5-7-26-8-6-24)12-21-19(25)16-9-14(22-23-16)11-27-15-3-4-17-18(10-15)29-13-28-17/h3-4,9-10H,5-8,11-13H2,1-2H3,(H,21,25)(H,22,23). The third kappa shape index (κ3) is 4.63. The summed E-state index contributed by atoms with van der Waals surface area (Å²) in [5.41, 5.74) is 0.897. The highest BCUT2D eigenvalue weighted by molar-refractivity contribution is 5.92. The number of nitrogens with zero attached hydrogens (tertiary/aromatic N) is 2. The van der Waals surface area contributed by atoms with Gasteiger partial charge in [-0.15, -0.1) is 0 Å². The van der Waals surface area contributed by atoms with Gasteiger partial charge in [-0.25, -0.2) is 0 Å². The number of carbonyl (C=O) groups is 1.